The Balaban J connectivity index is 1.83. The Morgan fingerprint density at radius 2 is 2.03 bits per heavy atom. The van der Waals surface area contributed by atoms with Gasteiger partial charge in [-0.2, -0.15) is 0 Å². The Hall–Kier alpha value is -2.19. The molecule has 31 heavy (non-hydrogen) atoms. The number of amides is 1. The van der Waals surface area contributed by atoms with Crippen molar-refractivity contribution < 1.29 is 4.79 Å². The lowest BCUT2D eigenvalue weighted by Crippen LogP contribution is -2.36. The first-order chi connectivity index (χ1) is 14.9. The standard InChI is InChI=1S/C23H28N4O2S2/c1-4-5-10-27-22(29)18(31-23(27)30)14-17-20(25-12-8-15(2)9-13-25)24-19-16(3)7-6-11-26(19)21(17)28/h6-7,11,14-15H,4-5,8-10,12-13H2,1-3H3/b18-14-. The number of hydrogen-bond donors (Lipinski definition) is 0. The number of pyridine rings is 1. The summed E-state index contributed by atoms with van der Waals surface area (Å²) in [4.78, 5) is 35.8. The molecule has 0 bridgehead atoms. The fourth-order valence-corrected chi connectivity index (χ4v) is 5.32. The predicted octanol–water partition coefficient (Wildman–Crippen LogP) is 4.24. The molecular formula is C23H28N4O2S2. The number of nitrogens with zero attached hydrogens (tertiary/aromatic N) is 4. The molecular weight excluding hydrogens is 428 g/mol. The average molecular weight is 457 g/mol. The van der Waals surface area contributed by atoms with Gasteiger partial charge in [-0.05, 0) is 49.8 Å². The number of fused-ring (bicyclic) bond motifs is 1. The molecule has 2 fully saturated rings. The molecule has 6 nitrogen and oxygen atoms in total. The summed E-state index contributed by atoms with van der Waals surface area (Å²) in [5.41, 5.74) is 1.92. The van der Waals surface area contributed by atoms with Crippen LogP contribution in [0, 0.1) is 12.8 Å². The first-order valence-corrected chi connectivity index (χ1v) is 12.2. The van der Waals surface area contributed by atoms with Crippen molar-refractivity contribution in [2.45, 2.75) is 46.5 Å². The SMILES string of the molecule is CCCCN1C(=O)/C(=C/c2c(N3CCC(C)CC3)nc3c(C)cccn3c2=O)SC1=S. The molecule has 0 aliphatic carbocycles. The monoisotopic (exact) mass is 456 g/mol. The van der Waals surface area contributed by atoms with Crippen LogP contribution >= 0.6 is 24.0 Å². The Morgan fingerprint density at radius 1 is 1.29 bits per heavy atom. The van der Waals surface area contributed by atoms with Crippen molar-refractivity contribution >= 4 is 51.7 Å². The summed E-state index contributed by atoms with van der Waals surface area (Å²) < 4.78 is 2.14. The van der Waals surface area contributed by atoms with Crippen molar-refractivity contribution in [2.75, 3.05) is 24.5 Å². The van der Waals surface area contributed by atoms with E-state index in [-0.39, 0.29) is 11.5 Å². The second-order valence-corrected chi connectivity index (χ2v) is 10.1. The summed E-state index contributed by atoms with van der Waals surface area (Å²) in [7, 11) is 0. The van der Waals surface area contributed by atoms with Crippen LogP contribution in [0.1, 0.15) is 50.7 Å². The first kappa shape index (κ1) is 22.0. The summed E-state index contributed by atoms with van der Waals surface area (Å²) in [5.74, 6) is 1.22. The minimum absolute atomic E-state index is 0.115. The normalized spacial score (nSPS) is 19.3. The number of aromatic nitrogens is 2. The molecule has 2 aliphatic heterocycles. The molecule has 0 atom stereocenters. The number of carbonyl (C=O) groups excluding carboxylic acids is 1. The average Bonchev–Trinajstić information content (AvgIpc) is 3.02. The lowest BCUT2D eigenvalue weighted by atomic mass is 9.99. The van der Waals surface area contributed by atoms with Gasteiger partial charge < -0.3 is 4.90 Å². The maximum Gasteiger partial charge on any atom is 0.267 e. The number of thioether (sulfide) groups is 1. The fraction of sp³-hybridized carbons (Fsp3) is 0.478. The van der Waals surface area contributed by atoms with Crippen LogP contribution in [-0.2, 0) is 4.79 Å². The van der Waals surface area contributed by atoms with Gasteiger partial charge in [-0.15, -0.1) is 0 Å². The van der Waals surface area contributed by atoms with Gasteiger partial charge >= 0.3 is 0 Å². The number of unbranched alkanes of at least 4 members (excludes halogenated alkanes) is 1. The Morgan fingerprint density at radius 3 is 2.74 bits per heavy atom. The number of piperidine rings is 1. The van der Waals surface area contributed by atoms with Crippen LogP contribution < -0.4 is 10.5 Å². The third-order valence-corrected chi connectivity index (χ3v) is 7.41. The Labute approximate surface area is 192 Å². The molecule has 164 valence electrons. The maximum atomic E-state index is 13.5. The second-order valence-electron chi connectivity index (χ2n) is 8.40. The van der Waals surface area contributed by atoms with E-state index in [1.165, 1.54) is 11.8 Å². The molecule has 0 saturated carbocycles. The van der Waals surface area contributed by atoms with Crippen LogP contribution in [0.3, 0.4) is 0 Å². The topological polar surface area (TPSA) is 57.9 Å². The van der Waals surface area contributed by atoms with Crippen LogP contribution in [0.4, 0.5) is 5.82 Å². The van der Waals surface area contributed by atoms with E-state index in [0.717, 1.165) is 44.3 Å². The maximum absolute atomic E-state index is 13.5. The van der Waals surface area contributed by atoms with Crippen LogP contribution in [0.5, 0.6) is 0 Å². The van der Waals surface area contributed by atoms with Crippen molar-refractivity contribution in [2.24, 2.45) is 5.92 Å². The van der Waals surface area contributed by atoms with Gasteiger partial charge in [0, 0.05) is 25.8 Å². The molecule has 2 aliphatic rings. The summed E-state index contributed by atoms with van der Waals surface area (Å²) in [6.45, 7) is 8.63. The molecule has 8 heteroatoms. The van der Waals surface area contributed by atoms with E-state index < -0.39 is 0 Å². The molecule has 0 unspecified atom stereocenters. The van der Waals surface area contributed by atoms with Gasteiger partial charge in [-0.1, -0.05) is 50.3 Å². The summed E-state index contributed by atoms with van der Waals surface area (Å²) in [6.07, 6.45) is 7.46. The number of carbonyl (C=O) groups is 1. The van der Waals surface area contributed by atoms with Gasteiger partial charge in [-0.3, -0.25) is 18.9 Å². The zero-order valence-electron chi connectivity index (χ0n) is 18.3. The van der Waals surface area contributed by atoms with E-state index in [4.69, 9.17) is 17.2 Å². The molecule has 0 spiro atoms. The van der Waals surface area contributed by atoms with E-state index in [1.807, 2.05) is 19.1 Å². The molecule has 0 aromatic carbocycles. The van der Waals surface area contributed by atoms with E-state index >= 15 is 0 Å². The van der Waals surface area contributed by atoms with E-state index in [9.17, 15) is 9.59 Å². The summed E-state index contributed by atoms with van der Waals surface area (Å²) in [5, 5.41) is 0. The van der Waals surface area contributed by atoms with Crippen molar-refractivity contribution in [3.05, 3.63) is 44.7 Å². The van der Waals surface area contributed by atoms with E-state index in [2.05, 4.69) is 18.7 Å². The van der Waals surface area contributed by atoms with Gasteiger partial charge in [0.25, 0.3) is 11.5 Å². The zero-order chi connectivity index (χ0) is 22.1. The molecule has 4 heterocycles. The minimum Gasteiger partial charge on any atom is -0.356 e. The third-order valence-electron chi connectivity index (χ3n) is 6.03. The highest BCUT2D eigenvalue weighted by molar-refractivity contribution is 8.26. The van der Waals surface area contributed by atoms with Crippen LogP contribution in [-0.4, -0.2) is 44.1 Å². The molecule has 1 amide bonds. The summed E-state index contributed by atoms with van der Waals surface area (Å²) in [6, 6.07) is 3.81. The van der Waals surface area contributed by atoms with Gasteiger partial charge in [0.2, 0.25) is 0 Å². The third kappa shape index (κ3) is 4.28. The molecule has 0 N–H and O–H groups in total. The summed E-state index contributed by atoms with van der Waals surface area (Å²) >= 11 is 6.71. The number of thiocarbonyl (C=S) groups is 1. The van der Waals surface area contributed by atoms with Crippen molar-refractivity contribution in [3.63, 3.8) is 0 Å². The predicted molar refractivity (Wildman–Crippen MR) is 132 cm³/mol. The van der Waals surface area contributed by atoms with Crippen molar-refractivity contribution in [1.29, 1.82) is 0 Å². The van der Waals surface area contributed by atoms with Gasteiger partial charge in [0.1, 0.15) is 15.8 Å². The molecule has 0 radical (unpaired) electrons. The molecule has 2 aromatic rings. The highest BCUT2D eigenvalue weighted by atomic mass is 32.2. The number of aryl methyl sites for hydroxylation is 1. The van der Waals surface area contributed by atoms with Crippen LogP contribution in [0.15, 0.2) is 28.0 Å². The van der Waals surface area contributed by atoms with Gasteiger partial charge in [0.05, 0.1) is 10.5 Å². The Bertz CT molecular complexity index is 1120. The zero-order valence-corrected chi connectivity index (χ0v) is 19.9. The number of anilines is 1. The molecule has 2 aromatic heterocycles. The highest BCUT2D eigenvalue weighted by Crippen LogP contribution is 2.34. The quantitative estimate of drug-likeness (QED) is 0.495. The Kier molecular flexibility index (Phi) is 6.48. The van der Waals surface area contributed by atoms with Gasteiger partial charge in [0.15, 0.2) is 0 Å². The number of hydrogen-bond acceptors (Lipinski definition) is 6. The smallest absolute Gasteiger partial charge is 0.267 e. The number of rotatable bonds is 5. The fourth-order valence-electron chi connectivity index (χ4n) is 4.03. The van der Waals surface area contributed by atoms with Crippen molar-refractivity contribution in [1.82, 2.24) is 14.3 Å². The first-order valence-electron chi connectivity index (χ1n) is 10.9. The largest absolute Gasteiger partial charge is 0.356 e. The lowest BCUT2D eigenvalue weighted by molar-refractivity contribution is -0.122. The minimum atomic E-state index is -0.152. The van der Waals surface area contributed by atoms with E-state index in [0.29, 0.717) is 38.7 Å². The highest BCUT2D eigenvalue weighted by Gasteiger charge is 2.32. The molecule has 4 rings (SSSR count). The van der Waals surface area contributed by atoms with E-state index in [1.54, 1.807) is 21.6 Å². The van der Waals surface area contributed by atoms with Crippen molar-refractivity contribution in [3.8, 4) is 0 Å². The lowest BCUT2D eigenvalue weighted by Gasteiger charge is -2.32. The second kappa shape index (κ2) is 9.12. The van der Waals surface area contributed by atoms with Gasteiger partial charge in [-0.25, -0.2) is 4.98 Å². The van der Waals surface area contributed by atoms with Crippen LogP contribution in [0.2, 0.25) is 0 Å². The van der Waals surface area contributed by atoms with Crippen LogP contribution in [0.25, 0.3) is 11.7 Å². The molecule has 2 saturated heterocycles.